The molecule has 40 heavy (non-hydrogen) atoms. The minimum atomic E-state index is 0.0973. The monoisotopic (exact) mass is 538 g/mol. The van der Waals surface area contributed by atoms with Crippen LogP contribution in [0.2, 0.25) is 0 Å². The number of aromatic nitrogens is 2. The van der Waals surface area contributed by atoms with Gasteiger partial charge in [-0.1, -0.05) is 48.9 Å². The molecule has 1 aliphatic heterocycles. The molecule has 2 fully saturated rings. The summed E-state index contributed by atoms with van der Waals surface area (Å²) in [6.45, 7) is 3.95. The van der Waals surface area contributed by atoms with Crippen LogP contribution >= 0.6 is 0 Å². The molecule has 1 saturated heterocycles. The van der Waals surface area contributed by atoms with Crippen molar-refractivity contribution in [3.05, 3.63) is 78.6 Å². The highest BCUT2D eigenvalue weighted by molar-refractivity contribution is 5.79. The lowest BCUT2D eigenvalue weighted by Crippen LogP contribution is -2.50. The number of rotatable bonds is 7. The van der Waals surface area contributed by atoms with E-state index in [2.05, 4.69) is 68.9 Å². The number of fused-ring (bicyclic) bond motifs is 1. The zero-order valence-corrected chi connectivity index (χ0v) is 23.5. The van der Waals surface area contributed by atoms with Gasteiger partial charge in [0.2, 0.25) is 5.91 Å². The van der Waals surface area contributed by atoms with Crippen LogP contribution < -0.4 is 4.74 Å². The third-order valence-electron chi connectivity index (χ3n) is 8.53. The fourth-order valence-electron chi connectivity index (χ4n) is 6.23. The number of hydrogen-bond donors (Lipinski definition) is 0. The predicted molar refractivity (Wildman–Crippen MR) is 157 cm³/mol. The molecular formula is C33H38N4O3. The highest BCUT2D eigenvalue weighted by atomic mass is 16.5. The van der Waals surface area contributed by atoms with Crippen LogP contribution in [0.3, 0.4) is 0 Å². The van der Waals surface area contributed by atoms with Gasteiger partial charge in [-0.15, -0.1) is 0 Å². The molecule has 2 aliphatic rings. The van der Waals surface area contributed by atoms with E-state index in [-0.39, 0.29) is 12.0 Å². The highest BCUT2D eigenvalue weighted by Gasteiger charge is 2.32. The summed E-state index contributed by atoms with van der Waals surface area (Å²) in [5.74, 6) is 1.22. The molecule has 0 bridgehead atoms. The SMILES string of the molecule is COc1cccc(-c2nc3ccc(-c4ccccc4)cn3c2CN2CCN(C(=O)[C@H]3CCC[C@H](OC)C3)CC2)c1. The third-order valence-corrected chi connectivity index (χ3v) is 8.53. The number of ether oxygens (including phenoxy) is 2. The fourth-order valence-corrected chi connectivity index (χ4v) is 6.23. The van der Waals surface area contributed by atoms with Gasteiger partial charge >= 0.3 is 0 Å². The van der Waals surface area contributed by atoms with E-state index in [1.807, 2.05) is 18.2 Å². The lowest BCUT2D eigenvalue weighted by atomic mass is 9.86. The molecule has 208 valence electrons. The summed E-state index contributed by atoms with van der Waals surface area (Å²) in [4.78, 5) is 22.9. The molecule has 0 unspecified atom stereocenters. The summed E-state index contributed by atoms with van der Waals surface area (Å²) in [5.41, 5.74) is 6.41. The van der Waals surface area contributed by atoms with E-state index >= 15 is 0 Å². The number of piperazine rings is 1. The van der Waals surface area contributed by atoms with E-state index in [1.54, 1.807) is 14.2 Å². The minimum Gasteiger partial charge on any atom is -0.497 e. The molecule has 1 aliphatic carbocycles. The van der Waals surface area contributed by atoms with Crippen molar-refractivity contribution in [2.45, 2.75) is 38.3 Å². The van der Waals surface area contributed by atoms with Crippen LogP contribution in [0.15, 0.2) is 72.9 Å². The Morgan fingerprint density at radius 3 is 2.48 bits per heavy atom. The number of carbonyl (C=O) groups excluding carboxylic acids is 1. The van der Waals surface area contributed by atoms with Gasteiger partial charge in [-0.3, -0.25) is 9.69 Å². The Morgan fingerprint density at radius 2 is 1.70 bits per heavy atom. The van der Waals surface area contributed by atoms with Gasteiger partial charge < -0.3 is 18.8 Å². The largest absolute Gasteiger partial charge is 0.497 e. The van der Waals surface area contributed by atoms with E-state index < -0.39 is 0 Å². The van der Waals surface area contributed by atoms with Crippen LogP contribution in [-0.2, 0) is 16.1 Å². The van der Waals surface area contributed by atoms with Gasteiger partial charge in [-0.2, -0.15) is 0 Å². The van der Waals surface area contributed by atoms with Crippen molar-refractivity contribution in [1.82, 2.24) is 19.2 Å². The van der Waals surface area contributed by atoms with Crippen molar-refractivity contribution >= 4 is 11.6 Å². The molecule has 1 amide bonds. The van der Waals surface area contributed by atoms with Gasteiger partial charge in [-0.05, 0) is 54.7 Å². The zero-order chi connectivity index (χ0) is 27.5. The van der Waals surface area contributed by atoms with Gasteiger partial charge in [0, 0.05) is 57.5 Å². The lowest BCUT2D eigenvalue weighted by Gasteiger charge is -2.38. The van der Waals surface area contributed by atoms with Crippen molar-refractivity contribution < 1.29 is 14.3 Å². The van der Waals surface area contributed by atoms with Crippen molar-refractivity contribution in [2.24, 2.45) is 5.92 Å². The number of hydrogen-bond acceptors (Lipinski definition) is 5. The van der Waals surface area contributed by atoms with Crippen LogP contribution in [0.25, 0.3) is 28.0 Å². The molecule has 2 aromatic carbocycles. The third kappa shape index (κ3) is 5.49. The molecule has 3 heterocycles. The minimum absolute atomic E-state index is 0.0973. The Labute approximate surface area is 236 Å². The van der Waals surface area contributed by atoms with Gasteiger partial charge in [-0.25, -0.2) is 4.98 Å². The maximum absolute atomic E-state index is 13.3. The molecule has 2 aromatic heterocycles. The van der Waals surface area contributed by atoms with Crippen molar-refractivity contribution in [1.29, 1.82) is 0 Å². The number of benzene rings is 2. The summed E-state index contributed by atoms with van der Waals surface area (Å²) >= 11 is 0. The van der Waals surface area contributed by atoms with Crippen LogP contribution in [-0.4, -0.2) is 71.6 Å². The van der Waals surface area contributed by atoms with E-state index in [9.17, 15) is 4.79 Å². The second-order valence-electron chi connectivity index (χ2n) is 11.0. The van der Waals surface area contributed by atoms with Gasteiger partial charge in [0.25, 0.3) is 0 Å². The molecule has 0 radical (unpaired) electrons. The molecule has 0 spiro atoms. The van der Waals surface area contributed by atoms with E-state index in [1.165, 1.54) is 5.56 Å². The Bertz CT molecular complexity index is 1460. The number of methoxy groups -OCH3 is 2. The maximum Gasteiger partial charge on any atom is 0.225 e. The number of pyridine rings is 1. The molecule has 7 nitrogen and oxygen atoms in total. The standard InChI is InChI=1S/C33H38N4O3/c1-39-28-12-6-10-25(20-28)32-30(37-22-27(14-15-31(37)34-32)24-8-4-3-5-9-24)23-35-16-18-36(19-17-35)33(38)26-11-7-13-29(21-26)40-2/h3-6,8-10,12,14-15,20,22,26,29H,7,11,13,16-19,21,23H2,1-2H3/t26-,29-/m0/s1. The Morgan fingerprint density at radius 1 is 0.900 bits per heavy atom. The summed E-state index contributed by atoms with van der Waals surface area (Å²) in [5, 5.41) is 0. The van der Waals surface area contributed by atoms with Gasteiger partial charge in [0.15, 0.2) is 0 Å². The molecule has 0 N–H and O–H groups in total. The highest BCUT2D eigenvalue weighted by Crippen LogP contribution is 2.31. The molecule has 7 heteroatoms. The molecular weight excluding hydrogens is 500 g/mol. The van der Waals surface area contributed by atoms with Gasteiger partial charge in [0.05, 0.1) is 24.6 Å². The number of nitrogens with zero attached hydrogens (tertiary/aromatic N) is 4. The summed E-state index contributed by atoms with van der Waals surface area (Å²) in [6, 6.07) is 22.8. The fraction of sp³-hybridized carbons (Fsp3) is 0.394. The zero-order valence-electron chi connectivity index (χ0n) is 23.5. The number of carbonyl (C=O) groups is 1. The Hall–Kier alpha value is -3.68. The van der Waals surface area contributed by atoms with E-state index in [0.717, 1.165) is 92.3 Å². The first-order valence-electron chi connectivity index (χ1n) is 14.4. The Balaban J connectivity index is 1.26. The number of amides is 1. The predicted octanol–water partition coefficient (Wildman–Crippen LogP) is 5.53. The van der Waals surface area contributed by atoms with Crippen LogP contribution in [0.4, 0.5) is 0 Å². The molecule has 1 saturated carbocycles. The summed E-state index contributed by atoms with van der Waals surface area (Å²) in [7, 11) is 3.46. The molecule has 4 aromatic rings. The quantitative estimate of drug-likeness (QED) is 0.310. The first-order chi connectivity index (χ1) is 19.6. The topological polar surface area (TPSA) is 59.3 Å². The van der Waals surface area contributed by atoms with Crippen LogP contribution in [0.5, 0.6) is 5.75 Å². The van der Waals surface area contributed by atoms with E-state index in [4.69, 9.17) is 14.5 Å². The van der Waals surface area contributed by atoms with Crippen LogP contribution in [0.1, 0.15) is 31.4 Å². The van der Waals surface area contributed by atoms with Crippen molar-refractivity contribution in [3.63, 3.8) is 0 Å². The second kappa shape index (κ2) is 11.8. The lowest BCUT2D eigenvalue weighted by molar-refractivity contribution is -0.140. The first-order valence-corrected chi connectivity index (χ1v) is 14.4. The maximum atomic E-state index is 13.3. The van der Waals surface area contributed by atoms with Crippen molar-refractivity contribution in [3.8, 4) is 28.1 Å². The molecule has 2 atom stereocenters. The average molecular weight is 539 g/mol. The van der Waals surface area contributed by atoms with Crippen LogP contribution in [0, 0.1) is 5.92 Å². The Kier molecular flexibility index (Phi) is 7.84. The van der Waals surface area contributed by atoms with E-state index in [0.29, 0.717) is 5.91 Å². The normalized spacial score (nSPS) is 20.1. The first kappa shape index (κ1) is 26.5. The summed E-state index contributed by atoms with van der Waals surface area (Å²) in [6.07, 6.45) is 6.39. The summed E-state index contributed by atoms with van der Waals surface area (Å²) < 4.78 is 13.3. The smallest absolute Gasteiger partial charge is 0.225 e. The van der Waals surface area contributed by atoms with Gasteiger partial charge in [0.1, 0.15) is 11.4 Å². The van der Waals surface area contributed by atoms with Crippen molar-refractivity contribution in [2.75, 3.05) is 40.4 Å². The number of imidazole rings is 1. The second-order valence-corrected chi connectivity index (χ2v) is 11.0. The molecule has 6 rings (SSSR count). The average Bonchev–Trinajstić information content (AvgIpc) is 3.39.